The Labute approximate surface area is 111 Å². The molecule has 3 atom stereocenters. The standard InChI is InChI=1S/C15H28FNO/c1-15(2,3)13-5-4-12(18)10-14(13)17-8-6-11(16)7-9-17/h11-14,18H,4-10H2,1-3H3. The summed E-state index contributed by atoms with van der Waals surface area (Å²) < 4.78 is 13.3. The number of piperidine rings is 1. The van der Waals surface area contributed by atoms with Crippen molar-refractivity contribution < 1.29 is 9.50 Å². The Morgan fingerprint density at radius 3 is 2.22 bits per heavy atom. The van der Waals surface area contributed by atoms with Crippen LogP contribution in [-0.2, 0) is 0 Å². The molecule has 0 aromatic rings. The van der Waals surface area contributed by atoms with Crippen molar-refractivity contribution >= 4 is 0 Å². The van der Waals surface area contributed by atoms with E-state index in [4.69, 9.17) is 0 Å². The van der Waals surface area contributed by atoms with Crippen LogP contribution >= 0.6 is 0 Å². The summed E-state index contributed by atoms with van der Waals surface area (Å²) in [5, 5.41) is 9.94. The van der Waals surface area contributed by atoms with E-state index >= 15 is 0 Å². The van der Waals surface area contributed by atoms with Gasteiger partial charge >= 0.3 is 0 Å². The number of halogens is 1. The molecular formula is C15H28FNO. The van der Waals surface area contributed by atoms with Gasteiger partial charge in [0.2, 0.25) is 0 Å². The lowest BCUT2D eigenvalue weighted by atomic mass is 9.68. The van der Waals surface area contributed by atoms with Crippen LogP contribution in [0.15, 0.2) is 0 Å². The van der Waals surface area contributed by atoms with Crippen LogP contribution in [0.25, 0.3) is 0 Å². The molecule has 0 bridgehead atoms. The summed E-state index contributed by atoms with van der Waals surface area (Å²) >= 11 is 0. The second-order valence-corrected chi connectivity index (χ2v) is 7.22. The van der Waals surface area contributed by atoms with Crippen LogP contribution in [0.3, 0.4) is 0 Å². The molecule has 1 aliphatic carbocycles. The lowest BCUT2D eigenvalue weighted by molar-refractivity contribution is -0.0251. The highest BCUT2D eigenvalue weighted by molar-refractivity contribution is 4.93. The third-order valence-corrected chi connectivity index (χ3v) is 4.83. The molecule has 18 heavy (non-hydrogen) atoms. The Bertz CT molecular complexity index is 268. The maximum absolute atomic E-state index is 13.3. The quantitative estimate of drug-likeness (QED) is 0.780. The first-order chi connectivity index (χ1) is 8.38. The van der Waals surface area contributed by atoms with Crippen LogP contribution in [0.2, 0.25) is 0 Å². The maximum atomic E-state index is 13.3. The number of rotatable bonds is 1. The lowest BCUT2D eigenvalue weighted by Gasteiger charge is -2.48. The van der Waals surface area contributed by atoms with E-state index in [-0.39, 0.29) is 11.5 Å². The number of hydrogen-bond donors (Lipinski definition) is 1. The van der Waals surface area contributed by atoms with E-state index in [1.165, 1.54) is 0 Å². The van der Waals surface area contributed by atoms with Crippen LogP contribution in [-0.4, -0.2) is 41.4 Å². The van der Waals surface area contributed by atoms with Gasteiger partial charge in [0.15, 0.2) is 0 Å². The molecule has 1 aliphatic heterocycles. The van der Waals surface area contributed by atoms with E-state index in [0.29, 0.717) is 24.8 Å². The largest absolute Gasteiger partial charge is 0.393 e. The molecule has 1 saturated heterocycles. The van der Waals surface area contributed by atoms with Gasteiger partial charge < -0.3 is 5.11 Å². The van der Waals surface area contributed by atoms with Crippen LogP contribution in [0, 0.1) is 11.3 Å². The fourth-order valence-electron chi connectivity index (χ4n) is 3.74. The molecule has 3 heteroatoms. The molecule has 1 heterocycles. The van der Waals surface area contributed by atoms with Crippen LogP contribution in [0.5, 0.6) is 0 Å². The topological polar surface area (TPSA) is 23.5 Å². The molecule has 0 amide bonds. The third-order valence-electron chi connectivity index (χ3n) is 4.83. The van der Waals surface area contributed by atoms with Crippen molar-refractivity contribution in [3.05, 3.63) is 0 Å². The Balaban J connectivity index is 2.05. The molecule has 1 saturated carbocycles. The van der Waals surface area contributed by atoms with Crippen molar-refractivity contribution in [1.82, 2.24) is 4.90 Å². The van der Waals surface area contributed by atoms with Crippen LogP contribution in [0.1, 0.15) is 52.9 Å². The van der Waals surface area contributed by atoms with E-state index in [2.05, 4.69) is 25.7 Å². The summed E-state index contributed by atoms with van der Waals surface area (Å²) in [5.74, 6) is 0.622. The van der Waals surface area contributed by atoms with Crippen molar-refractivity contribution in [2.75, 3.05) is 13.1 Å². The second-order valence-electron chi connectivity index (χ2n) is 7.22. The second kappa shape index (κ2) is 5.46. The number of alkyl halides is 1. The molecule has 2 aliphatic rings. The summed E-state index contributed by atoms with van der Waals surface area (Å²) in [7, 11) is 0. The Morgan fingerprint density at radius 1 is 1.06 bits per heavy atom. The lowest BCUT2D eigenvalue weighted by Crippen LogP contribution is -2.52. The van der Waals surface area contributed by atoms with E-state index in [0.717, 1.165) is 32.4 Å². The zero-order valence-corrected chi connectivity index (χ0v) is 12.0. The molecular weight excluding hydrogens is 229 g/mol. The molecule has 0 spiro atoms. The molecule has 0 aromatic heterocycles. The number of aliphatic hydroxyl groups is 1. The number of aliphatic hydroxyl groups excluding tert-OH is 1. The fraction of sp³-hybridized carbons (Fsp3) is 1.00. The van der Waals surface area contributed by atoms with Crippen molar-refractivity contribution in [3.63, 3.8) is 0 Å². The van der Waals surface area contributed by atoms with Gasteiger partial charge in [-0.2, -0.15) is 0 Å². The van der Waals surface area contributed by atoms with E-state index in [1.807, 2.05) is 0 Å². The van der Waals surface area contributed by atoms with Crippen molar-refractivity contribution in [1.29, 1.82) is 0 Å². The molecule has 2 rings (SSSR count). The molecule has 106 valence electrons. The van der Waals surface area contributed by atoms with Gasteiger partial charge in [-0.05, 0) is 43.4 Å². The molecule has 0 aromatic carbocycles. The fourth-order valence-corrected chi connectivity index (χ4v) is 3.74. The van der Waals surface area contributed by atoms with Crippen LogP contribution < -0.4 is 0 Å². The maximum Gasteiger partial charge on any atom is 0.103 e. The van der Waals surface area contributed by atoms with Crippen molar-refractivity contribution in [3.8, 4) is 0 Å². The van der Waals surface area contributed by atoms with Gasteiger partial charge in [0.1, 0.15) is 6.17 Å². The number of nitrogens with zero attached hydrogens (tertiary/aromatic N) is 1. The monoisotopic (exact) mass is 257 g/mol. The van der Waals surface area contributed by atoms with Crippen LogP contribution in [0.4, 0.5) is 4.39 Å². The first kappa shape index (κ1) is 14.3. The molecule has 1 N–H and O–H groups in total. The van der Waals surface area contributed by atoms with E-state index < -0.39 is 6.17 Å². The number of likely N-dealkylation sites (tertiary alicyclic amines) is 1. The normalized spacial score (nSPS) is 36.8. The van der Waals surface area contributed by atoms with Gasteiger partial charge in [-0.25, -0.2) is 4.39 Å². The Hall–Kier alpha value is -0.150. The highest BCUT2D eigenvalue weighted by Crippen LogP contribution is 2.41. The smallest absolute Gasteiger partial charge is 0.103 e. The molecule has 2 nitrogen and oxygen atoms in total. The van der Waals surface area contributed by atoms with Gasteiger partial charge in [0, 0.05) is 19.1 Å². The number of hydrogen-bond acceptors (Lipinski definition) is 2. The summed E-state index contributed by atoms with van der Waals surface area (Å²) in [6, 6.07) is 0.446. The van der Waals surface area contributed by atoms with Gasteiger partial charge in [-0.1, -0.05) is 20.8 Å². The first-order valence-electron chi connectivity index (χ1n) is 7.44. The predicted molar refractivity (Wildman–Crippen MR) is 72.3 cm³/mol. The summed E-state index contributed by atoms with van der Waals surface area (Å²) in [4.78, 5) is 2.44. The summed E-state index contributed by atoms with van der Waals surface area (Å²) in [6.07, 6.45) is 3.48. The minimum atomic E-state index is -0.608. The third kappa shape index (κ3) is 3.24. The minimum absolute atomic E-state index is 0.156. The van der Waals surface area contributed by atoms with Gasteiger partial charge in [-0.15, -0.1) is 0 Å². The predicted octanol–water partition coefficient (Wildman–Crippen LogP) is 3.00. The molecule has 3 unspecified atom stereocenters. The molecule has 0 radical (unpaired) electrons. The average Bonchev–Trinajstić information content (AvgIpc) is 2.28. The van der Waals surface area contributed by atoms with Crippen molar-refractivity contribution in [2.45, 2.75) is 71.2 Å². The summed E-state index contributed by atoms with van der Waals surface area (Å²) in [5.41, 5.74) is 0.275. The molecule has 2 fully saturated rings. The SMILES string of the molecule is CC(C)(C)C1CCC(O)CC1N1CCC(F)CC1. The highest BCUT2D eigenvalue weighted by atomic mass is 19.1. The summed E-state index contributed by atoms with van der Waals surface area (Å²) in [6.45, 7) is 8.62. The Morgan fingerprint density at radius 2 is 1.67 bits per heavy atom. The van der Waals surface area contributed by atoms with Gasteiger partial charge in [0.25, 0.3) is 0 Å². The first-order valence-corrected chi connectivity index (χ1v) is 7.44. The van der Waals surface area contributed by atoms with Crippen molar-refractivity contribution in [2.24, 2.45) is 11.3 Å². The van der Waals surface area contributed by atoms with E-state index in [9.17, 15) is 9.50 Å². The van der Waals surface area contributed by atoms with Gasteiger partial charge in [-0.3, -0.25) is 4.90 Å². The average molecular weight is 257 g/mol. The van der Waals surface area contributed by atoms with E-state index in [1.54, 1.807) is 0 Å². The van der Waals surface area contributed by atoms with Gasteiger partial charge in [0.05, 0.1) is 6.10 Å². The zero-order chi connectivity index (χ0) is 13.3. The minimum Gasteiger partial charge on any atom is -0.393 e. The highest BCUT2D eigenvalue weighted by Gasteiger charge is 2.40. The Kier molecular flexibility index (Phi) is 4.32. The zero-order valence-electron chi connectivity index (χ0n) is 12.0.